The first-order valence-electron chi connectivity index (χ1n) is 7.09. The van der Waals surface area contributed by atoms with Crippen LogP contribution in [-0.4, -0.2) is 24.4 Å². The molecule has 0 bridgehead atoms. The van der Waals surface area contributed by atoms with Crippen LogP contribution >= 0.6 is 0 Å². The molecular weight excluding hydrogens is 260 g/mol. The van der Waals surface area contributed by atoms with Crippen molar-refractivity contribution in [1.82, 2.24) is 4.57 Å². The van der Waals surface area contributed by atoms with Gasteiger partial charge in [0.2, 0.25) is 0 Å². The lowest BCUT2D eigenvalue weighted by Gasteiger charge is -2.19. The second kappa shape index (κ2) is 5.83. The van der Waals surface area contributed by atoms with E-state index >= 15 is 0 Å². The van der Waals surface area contributed by atoms with Crippen molar-refractivity contribution >= 4 is 22.9 Å². The largest absolute Gasteiger partial charge is 0.373 e. The minimum atomic E-state index is 0.757. The number of likely N-dealkylation sites (N-methyl/N-ethyl adjacent to an activating group) is 1. The summed E-state index contributed by atoms with van der Waals surface area (Å²) >= 11 is 0. The van der Waals surface area contributed by atoms with E-state index in [1.54, 1.807) is 0 Å². The predicted molar refractivity (Wildman–Crippen MR) is 87.0 cm³/mol. The summed E-state index contributed by atoms with van der Waals surface area (Å²) in [6.45, 7) is 1.74. The Morgan fingerprint density at radius 3 is 2.52 bits per heavy atom. The zero-order valence-electron chi connectivity index (χ0n) is 12.1. The molecule has 0 saturated carbocycles. The van der Waals surface area contributed by atoms with Crippen LogP contribution in [0.25, 0.3) is 10.9 Å². The van der Waals surface area contributed by atoms with E-state index in [2.05, 4.69) is 34.7 Å². The van der Waals surface area contributed by atoms with Crippen LogP contribution in [-0.2, 0) is 6.54 Å². The summed E-state index contributed by atoms with van der Waals surface area (Å²) in [6, 6.07) is 18.3. The van der Waals surface area contributed by atoms with Gasteiger partial charge in [0.25, 0.3) is 0 Å². The van der Waals surface area contributed by atoms with Crippen molar-refractivity contribution in [3.05, 3.63) is 66.4 Å². The first-order chi connectivity index (χ1) is 10.3. The summed E-state index contributed by atoms with van der Waals surface area (Å²) in [7, 11) is 2.08. The van der Waals surface area contributed by atoms with E-state index in [0.29, 0.717) is 0 Å². The molecule has 0 N–H and O–H groups in total. The maximum atomic E-state index is 11.2. The van der Waals surface area contributed by atoms with Crippen LogP contribution in [0.2, 0.25) is 0 Å². The first kappa shape index (κ1) is 13.4. The molecule has 0 fully saturated rings. The van der Waals surface area contributed by atoms with E-state index in [4.69, 9.17) is 0 Å². The standard InChI is InChI=1S/C18H18N2O/c1-19(16-7-3-2-4-8-16)11-12-20-13-15(14-21)17-9-5-6-10-18(17)20/h2-10,13-14H,11-12H2,1H3. The Morgan fingerprint density at radius 2 is 1.76 bits per heavy atom. The summed E-state index contributed by atoms with van der Waals surface area (Å²) in [5, 5.41) is 1.02. The zero-order valence-corrected chi connectivity index (χ0v) is 12.1. The third-order valence-electron chi connectivity index (χ3n) is 3.82. The third-order valence-corrected chi connectivity index (χ3v) is 3.82. The number of carbonyl (C=O) groups is 1. The summed E-state index contributed by atoms with van der Waals surface area (Å²) in [6.07, 6.45) is 2.87. The highest BCUT2D eigenvalue weighted by Gasteiger charge is 2.08. The highest BCUT2D eigenvalue weighted by molar-refractivity contribution is 5.97. The second-order valence-electron chi connectivity index (χ2n) is 5.17. The van der Waals surface area contributed by atoms with Gasteiger partial charge in [-0.25, -0.2) is 0 Å². The summed E-state index contributed by atoms with van der Waals surface area (Å²) < 4.78 is 2.15. The molecule has 0 aliphatic carbocycles. The van der Waals surface area contributed by atoms with Crippen molar-refractivity contribution in [2.24, 2.45) is 0 Å². The fraction of sp³-hybridized carbons (Fsp3) is 0.167. The highest BCUT2D eigenvalue weighted by Crippen LogP contribution is 2.20. The van der Waals surface area contributed by atoms with Crippen LogP contribution in [0.4, 0.5) is 5.69 Å². The Kier molecular flexibility index (Phi) is 3.73. The maximum Gasteiger partial charge on any atom is 0.152 e. The quantitative estimate of drug-likeness (QED) is 0.666. The van der Waals surface area contributed by atoms with E-state index < -0.39 is 0 Å². The van der Waals surface area contributed by atoms with Gasteiger partial charge in [-0.3, -0.25) is 4.79 Å². The molecule has 0 saturated heterocycles. The number of hydrogen-bond donors (Lipinski definition) is 0. The zero-order chi connectivity index (χ0) is 14.7. The van der Waals surface area contributed by atoms with Crippen LogP contribution in [0.1, 0.15) is 10.4 Å². The molecule has 0 atom stereocenters. The number of hydrogen-bond acceptors (Lipinski definition) is 2. The van der Waals surface area contributed by atoms with Crippen LogP contribution < -0.4 is 4.90 Å². The monoisotopic (exact) mass is 278 g/mol. The fourth-order valence-electron chi connectivity index (χ4n) is 2.62. The van der Waals surface area contributed by atoms with Gasteiger partial charge in [0.1, 0.15) is 0 Å². The number of benzene rings is 2. The average molecular weight is 278 g/mol. The van der Waals surface area contributed by atoms with Gasteiger partial charge in [0.05, 0.1) is 0 Å². The predicted octanol–water partition coefficient (Wildman–Crippen LogP) is 3.59. The van der Waals surface area contributed by atoms with Crippen molar-refractivity contribution in [2.75, 3.05) is 18.5 Å². The second-order valence-corrected chi connectivity index (χ2v) is 5.17. The normalized spacial score (nSPS) is 10.7. The van der Waals surface area contributed by atoms with Gasteiger partial charge in [0, 0.05) is 48.5 Å². The molecule has 0 unspecified atom stereocenters. The lowest BCUT2D eigenvalue weighted by Crippen LogP contribution is -2.22. The Hall–Kier alpha value is -2.55. The van der Waals surface area contributed by atoms with Gasteiger partial charge < -0.3 is 9.47 Å². The molecule has 21 heavy (non-hydrogen) atoms. The van der Waals surface area contributed by atoms with Crippen molar-refractivity contribution in [3.8, 4) is 0 Å². The number of rotatable bonds is 5. The molecule has 0 spiro atoms. The molecule has 1 aromatic heterocycles. The molecule has 3 heteroatoms. The Balaban J connectivity index is 1.81. The number of carbonyl (C=O) groups excluding carboxylic acids is 1. The minimum Gasteiger partial charge on any atom is -0.373 e. The maximum absolute atomic E-state index is 11.2. The van der Waals surface area contributed by atoms with Crippen molar-refractivity contribution in [2.45, 2.75) is 6.54 Å². The molecule has 0 radical (unpaired) electrons. The number of fused-ring (bicyclic) bond motifs is 1. The number of anilines is 1. The molecule has 3 rings (SSSR count). The molecular formula is C18H18N2O. The van der Waals surface area contributed by atoms with E-state index in [9.17, 15) is 4.79 Å². The molecule has 0 amide bonds. The van der Waals surface area contributed by atoms with Crippen molar-refractivity contribution in [3.63, 3.8) is 0 Å². The van der Waals surface area contributed by atoms with E-state index in [1.807, 2.05) is 42.6 Å². The molecule has 3 aromatic rings. The van der Waals surface area contributed by atoms with E-state index in [1.165, 1.54) is 5.69 Å². The third kappa shape index (κ3) is 2.68. The minimum absolute atomic E-state index is 0.757. The van der Waals surface area contributed by atoms with Gasteiger partial charge in [-0.2, -0.15) is 0 Å². The average Bonchev–Trinajstić information content (AvgIpc) is 2.91. The summed E-state index contributed by atoms with van der Waals surface area (Å²) in [5.41, 5.74) is 3.07. The highest BCUT2D eigenvalue weighted by atomic mass is 16.1. The Morgan fingerprint density at radius 1 is 1.05 bits per heavy atom. The molecule has 106 valence electrons. The molecule has 0 aliphatic rings. The van der Waals surface area contributed by atoms with E-state index in [-0.39, 0.29) is 0 Å². The number of aldehydes is 1. The van der Waals surface area contributed by atoms with Crippen LogP contribution in [0.5, 0.6) is 0 Å². The van der Waals surface area contributed by atoms with Gasteiger partial charge >= 0.3 is 0 Å². The van der Waals surface area contributed by atoms with E-state index in [0.717, 1.165) is 35.8 Å². The molecule has 0 aliphatic heterocycles. The van der Waals surface area contributed by atoms with Gasteiger partial charge in [-0.1, -0.05) is 36.4 Å². The van der Waals surface area contributed by atoms with Crippen molar-refractivity contribution < 1.29 is 4.79 Å². The Labute approximate surface area is 124 Å². The smallest absolute Gasteiger partial charge is 0.152 e. The molecule has 2 aromatic carbocycles. The Bertz CT molecular complexity index is 746. The lowest BCUT2D eigenvalue weighted by atomic mass is 10.2. The number of aromatic nitrogens is 1. The van der Waals surface area contributed by atoms with Gasteiger partial charge in [-0.05, 0) is 18.2 Å². The van der Waals surface area contributed by atoms with Gasteiger partial charge in [-0.15, -0.1) is 0 Å². The topological polar surface area (TPSA) is 25.2 Å². The molecule has 3 nitrogen and oxygen atoms in total. The van der Waals surface area contributed by atoms with Crippen LogP contribution in [0, 0.1) is 0 Å². The van der Waals surface area contributed by atoms with Gasteiger partial charge in [0.15, 0.2) is 6.29 Å². The van der Waals surface area contributed by atoms with Crippen LogP contribution in [0.3, 0.4) is 0 Å². The molecule has 1 heterocycles. The van der Waals surface area contributed by atoms with Crippen molar-refractivity contribution in [1.29, 1.82) is 0 Å². The summed E-state index contributed by atoms with van der Waals surface area (Å²) in [5.74, 6) is 0. The summed E-state index contributed by atoms with van der Waals surface area (Å²) in [4.78, 5) is 13.4. The SMILES string of the molecule is CN(CCn1cc(C=O)c2ccccc21)c1ccccc1. The first-order valence-corrected chi connectivity index (χ1v) is 7.09. The van der Waals surface area contributed by atoms with Crippen LogP contribution in [0.15, 0.2) is 60.8 Å². The fourth-order valence-corrected chi connectivity index (χ4v) is 2.62. The number of para-hydroxylation sites is 2. The number of nitrogens with zero attached hydrogens (tertiary/aromatic N) is 2. The lowest BCUT2D eigenvalue weighted by molar-refractivity contribution is 0.112.